The second-order valence-corrected chi connectivity index (χ2v) is 9.12. The maximum atomic E-state index is 12.9. The number of ether oxygens (including phenoxy) is 1. The van der Waals surface area contributed by atoms with Gasteiger partial charge < -0.3 is 10.1 Å². The van der Waals surface area contributed by atoms with E-state index in [1.54, 1.807) is 25.3 Å². The van der Waals surface area contributed by atoms with Crippen LogP contribution in [0.25, 0.3) is 0 Å². The van der Waals surface area contributed by atoms with Crippen molar-refractivity contribution in [1.29, 1.82) is 0 Å². The van der Waals surface area contributed by atoms with Gasteiger partial charge in [0.25, 0.3) is 15.9 Å². The average Bonchev–Trinajstić information content (AvgIpc) is 2.73. The summed E-state index contributed by atoms with van der Waals surface area (Å²) in [6.07, 6.45) is 0. The number of para-hydroxylation sites is 1. The normalized spacial score (nSPS) is 12.1. The molecule has 0 fully saturated rings. The van der Waals surface area contributed by atoms with Crippen LogP contribution in [0.4, 0.5) is 5.69 Å². The fourth-order valence-corrected chi connectivity index (χ4v) is 4.73. The number of methoxy groups -OCH3 is 1. The van der Waals surface area contributed by atoms with Crippen molar-refractivity contribution < 1.29 is 17.9 Å². The van der Waals surface area contributed by atoms with Crippen LogP contribution in [-0.2, 0) is 10.0 Å². The van der Waals surface area contributed by atoms with Gasteiger partial charge in [-0.15, -0.1) is 0 Å². The highest BCUT2D eigenvalue weighted by Gasteiger charge is 2.22. The topological polar surface area (TPSA) is 84.5 Å². The van der Waals surface area contributed by atoms with Crippen LogP contribution in [0, 0.1) is 6.92 Å². The van der Waals surface area contributed by atoms with Crippen LogP contribution in [0.5, 0.6) is 5.75 Å². The molecule has 31 heavy (non-hydrogen) atoms. The minimum absolute atomic E-state index is 0.0227. The van der Waals surface area contributed by atoms with E-state index in [1.165, 1.54) is 18.2 Å². The molecule has 0 saturated heterocycles. The molecule has 0 saturated carbocycles. The van der Waals surface area contributed by atoms with Gasteiger partial charge in [0.15, 0.2) is 0 Å². The number of hydrogen-bond acceptors (Lipinski definition) is 4. The van der Waals surface area contributed by atoms with E-state index in [9.17, 15) is 13.2 Å². The van der Waals surface area contributed by atoms with Crippen LogP contribution in [0.3, 0.4) is 0 Å². The number of carbonyl (C=O) groups is 1. The highest BCUT2D eigenvalue weighted by Crippen LogP contribution is 2.27. The van der Waals surface area contributed by atoms with Gasteiger partial charge >= 0.3 is 0 Å². The molecular formula is C23H23ClN2O4S. The van der Waals surface area contributed by atoms with Crippen molar-refractivity contribution in [1.82, 2.24) is 5.32 Å². The van der Waals surface area contributed by atoms with Crippen LogP contribution < -0.4 is 14.8 Å². The smallest absolute Gasteiger partial charge is 0.263 e. The van der Waals surface area contributed by atoms with E-state index in [-0.39, 0.29) is 21.5 Å². The molecule has 1 atom stereocenters. The molecule has 0 heterocycles. The Kier molecular flexibility index (Phi) is 6.87. The highest BCUT2D eigenvalue weighted by molar-refractivity contribution is 7.92. The number of amides is 1. The Bertz CT molecular complexity index is 1210. The van der Waals surface area contributed by atoms with Crippen molar-refractivity contribution in [2.45, 2.75) is 24.8 Å². The van der Waals surface area contributed by atoms with Crippen LogP contribution in [0.1, 0.15) is 34.5 Å². The number of anilines is 1. The monoisotopic (exact) mass is 458 g/mol. The molecule has 3 aromatic carbocycles. The molecule has 0 spiro atoms. The summed E-state index contributed by atoms with van der Waals surface area (Å²) in [5.74, 6) is 0.221. The van der Waals surface area contributed by atoms with Gasteiger partial charge in [-0.1, -0.05) is 41.9 Å². The molecule has 2 N–H and O–H groups in total. The summed E-state index contributed by atoms with van der Waals surface area (Å²) in [6, 6.07) is 18.1. The number of sulfonamides is 1. The minimum Gasteiger partial charge on any atom is -0.496 e. The van der Waals surface area contributed by atoms with Gasteiger partial charge in [-0.25, -0.2) is 8.42 Å². The molecule has 0 radical (unpaired) electrons. The van der Waals surface area contributed by atoms with E-state index in [1.807, 2.05) is 44.2 Å². The maximum Gasteiger partial charge on any atom is 0.263 e. The second-order valence-electron chi connectivity index (χ2n) is 7.06. The van der Waals surface area contributed by atoms with Gasteiger partial charge in [-0.05, 0) is 55.8 Å². The van der Waals surface area contributed by atoms with Crippen molar-refractivity contribution in [3.8, 4) is 5.75 Å². The molecule has 1 unspecified atom stereocenters. The minimum atomic E-state index is -3.99. The van der Waals surface area contributed by atoms with Crippen molar-refractivity contribution in [3.63, 3.8) is 0 Å². The van der Waals surface area contributed by atoms with Crippen LogP contribution in [0.2, 0.25) is 5.02 Å². The largest absolute Gasteiger partial charge is 0.496 e. The Morgan fingerprint density at radius 2 is 1.77 bits per heavy atom. The third kappa shape index (κ3) is 5.37. The fourth-order valence-electron chi connectivity index (χ4n) is 3.15. The molecule has 1 amide bonds. The fraction of sp³-hybridized carbons (Fsp3) is 0.174. The molecule has 0 aliphatic rings. The maximum absolute atomic E-state index is 12.9. The summed E-state index contributed by atoms with van der Waals surface area (Å²) in [5.41, 5.74) is 2.30. The van der Waals surface area contributed by atoms with E-state index in [0.29, 0.717) is 11.4 Å². The summed E-state index contributed by atoms with van der Waals surface area (Å²) < 4.78 is 33.6. The molecule has 3 aromatic rings. The zero-order chi connectivity index (χ0) is 22.6. The number of rotatable bonds is 7. The summed E-state index contributed by atoms with van der Waals surface area (Å²) in [7, 11) is -2.43. The van der Waals surface area contributed by atoms with E-state index < -0.39 is 15.9 Å². The van der Waals surface area contributed by atoms with Crippen molar-refractivity contribution >= 4 is 33.2 Å². The molecule has 0 aliphatic carbocycles. The third-order valence-corrected chi connectivity index (χ3v) is 6.57. The Morgan fingerprint density at radius 1 is 1.03 bits per heavy atom. The van der Waals surface area contributed by atoms with Crippen molar-refractivity contribution in [3.05, 3.63) is 88.4 Å². The molecule has 162 valence electrons. The van der Waals surface area contributed by atoms with Gasteiger partial charge in [0, 0.05) is 16.8 Å². The van der Waals surface area contributed by atoms with Crippen molar-refractivity contribution in [2.75, 3.05) is 11.8 Å². The number of aryl methyl sites for hydroxylation is 1. The van der Waals surface area contributed by atoms with Gasteiger partial charge in [-0.3, -0.25) is 9.52 Å². The van der Waals surface area contributed by atoms with Crippen molar-refractivity contribution in [2.24, 2.45) is 0 Å². The first-order valence-electron chi connectivity index (χ1n) is 9.54. The summed E-state index contributed by atoms with van der Waals surface area (Å²) in [5, 5.41) is 2.89. The first-order chi connectivity index (χ1) is 14.7. The Balaban J connectivity index is 1.85. The van der Waals surface area contributed by atoms with Gasteiger partial charge in [0.05, 0.1) is 18.2 Å². The Hall–Kier alpha value is -3.03. The molecule has 0 aromatic heterocycles. The van der Waals surface area contributed by atoms with Crippen LogP contribution >= 0.6 is 11.6 Å². The number of hydrogen-bond donors (Lipinski definition) is 2. The lowest BCUT2D eigenvalue weighted by Crippen LogP contribution is -2.27. The lowest BCUT2D eigenvalue weighted by atomic mass is 10.1. The molecule has 0 bridgehead atoms. The van der Waals surface area contributed by atoms with Gasteiger partial charge in [-0.2, -0.15) is 0 Å². The number of benzene rings is 3. The predicted molar refractivity (Wildman–Crippen MR) is 122 cm³/mol. The second kappa shape index (κ2) is 9.41. The SMILES string of the molecule is COc1ccccc1C(C)NC(=O)c1ccc(Cl)c(S(=O)(=O)Nc2cccc(C)c2)c1. The Morgan fingerprint density at radius 3 is 2.48 bits per heavy atom. The van der Waals surface area contributed by atoms with Crippen LogP contribution in [-0.4, -0.2) is 21.4 Å². The summed E-state index contributed by atoms with van der Waals surface area (Å²) in [6.45, 7) is 3.68. The lowest BCUT2D eigenvalue weighted by molar-refractivity contribution is 0.0939. The lowest BCUT2D eigenvalue weighted by Gasteiger charge is -2.18. The first-order valence-corrected chi connectivity index (χ1v) is 11.4. The van der Waals surface area contributed by atoms with Gasteiger partial charge in [0.1, 0.15) is 10.6 Å². The average molecular weight is 459 g/mol. The number of carbonyl (C=O) groups excluding carboxylic acids is 1. The zero-order valence-electron chi connectivity index (χ0n) is 17.3. The Labute approximate surface area is 187 Å². The van der Waals surface area contributed by atoms with Gasteiger partial charge in [0.2, 0.25) is 0 Å². The standard InChI is InChI=1S/C23H23ClN2O4S/c1-15-7-6-8-18(13-15)26-31(28,29)22-14-17(11-12-20(22)24)23(27)25-16(2)19-9-4-5-10-21(19)30-3/h4-14,16,26H,1-3H3,(H,25,27). The molecule has 0 aliphatic heterocycles. The van der Waals surface area contributed by atoms with E-state index in [0.717, 1.165) is 11.1 Å². The van der Waals surface area contributed by atoms with E-state index in [2.05, 4.69) is 10.0 Å². The first kappa shape index (κ1) is 22.7. The highest BCUT2D eigenvalue weighted by atomic mass is 35.5. The molecule has 8 heteroatoms. The summed E-state index contributed by atoms with van der Waals surface area (Å²) >= 11 is 6.16. The number of halogens is 1. The molecular weight excluding hydrogens is 436 g/mol. The van der Waals surface area contributed by atoms with Crippen LogP contribution in [0.15, 0.2) is 71.6 Å². The summed E-state index contributed by atoms with van der Waals surface area (Å²) in [4.78, 5) is 12.6. The van der Waals surface area contributed by atoms with E-state index in [4.69, 9.17) is 16.3 Å². The molecule has 3 rings (SSSR count). The number of nitrogens with one attached hydrogen (secondary N) is 2. The quantitative estimate of drug-likeness (QED) is 0.524. The predicted octanol–water partition coefficient (Wildman–Crippen LogP) is 4.95. The van der Waals surface area contributed by atoms with E-state index >= 15 is 0 Å². The third-order valence-electron chi connectivity index (χ3n) is 4.71. The molecule has 6 nitrogen and oxygen atoms in total. The zero-order valence-corrected chi connectivity index (χ0v) is 18.9.